The summed E-state index contributed by atoms with van der Waals surface area (Å²) in [5.41, 5.74) is 3.97. The third-order valence-corrected chi connectivity index (χ3v) is 8.02. The van der Waals surface area contributed by atoms with Crippen LogP contribution in [0.15, 0.2) is 73.2 Å². The van der Waals surface area contributed by atoms with E-state index in [2.05, 4.69) is 9.97 Å². The van der Waals surface area contributed by atoms with Crippen LogP contribution in [0.3, 0.4) is 0 Å². The van der Waals surface area contributed by atoms with Crippen molar-refractivity contribution in [2.24, 2.45) is 11.8 Å². The number of amides is 1. The molecule has 7 rings (SSSR count). The monoisotopic (exact) mass is 541 g/mol. The van der Waals surface area contributed by atoms with Gasteiger partial charge in [0.15, 0.2) is 0 Å². The molecule has 3 aromatic carbocycles. The number of benzene rings is 3. The Morgan fingerprint density at radius 3 is 2.45 bits per heavy atom. The number of carbonyl (C=O) groups excluding carboxylic acids is 1. The van der Waals surface area contributed by atoms with E-state index in [1.807, 2.05) is 51.9 Å². The number of carbonyl (C=O) groups is 1. The minimum absolute atomic E-state index is 0.179. The topological polar surface area (TPSA) is 63.9 Å². The molecule has 1 saturated heterocycles. The third-order valence-electron chi connectivity index (χ3n) is 8.02. The summed E-state index contributed by atoms with van der Waals surface area (Å²) in [5, 5.41) is 0.942. The number of alkyl halides is 3. The van der Waals surface area contributed by atoms with Gasteiger partial charge in [0.2, 0.25) is 5.91 Å². The molecule has 5 aromatic rings. The lowest BCUT2D eigenvalue weighted by molar-refractivity contribution is -0.137. The molecule has 1 aliphatic heterocycles. The highest BCUT2D eigenvalue weighted by atomic mass is 19.4. The summed E-state index contributed by atoms with van der Waals surface area (Å²) in [6.45, 7) is 1.98. The summed E-state index contributed by atoms with van der Waals surface area (Å²) in [7, 11) is 0. The van der Waals surface area contributed by atoms with Crippen molar-refractivity contribution < 1.29 is 18.0 Å². The SMILES string of the molecule is O=C(C1CC1)N1CC[C@@H](Cn2c(-c3ccc(-c4ccc5ncncc5c4)cc3)nc3cc(C(F)(F)F)ccc32)C1. The number of rotatable bonds is 5. The standard InChI is InChI=1S/C31H26F3N5O/c32-31(33,34)25-8-10-28-27(14-25)37-29(39(28)17-19-11-12-38(16-19)30(40)22-5-6-22)21-3-1-20(2-4-21)23-7-9-26-24(13-23)15-35-18-36-26/h1-4,7-10,13-15,18-19,22H,5-6,11-12,16-17H2/t19-/m1/s1. The van der Waals surface area contributed by atoms with Gasteiger partial charge < -0.3 is 9.47 Å². The van der Waals surface area contributed by atoms with Crippen LogP contribution < -0.4 is 0 Å². The number of imidazole rings is 1. The Bertz CT molecular complexity index is 1740. The van der Waals surface area contributed by atoms with E-state index in [0.717, 1.165) is 65.5 Å². The summed E-state index contributed by atoms with van der Waals surface area (Å²) in [6.07, 6.45) is 1.67. The number of nitrogens with zero attached hydrogens (tertiary/aromatic N) is 5. The molecular formula is C31H26F3N5O. The zero-order valence-corrected chi connectivity index (χ0v) is 21.6. The fourth-order valence-electron chi connectivity index (χ4n) is 5.72. The molecule has 2 aromatic heterocycles. The van der Waals surface area contributed by atoms with Gasteiger partial charge in [-0.05, 0) is 66.6 Å². The summed E-state index contributed by atoms with van der Waals surface area (Å²) in [4.78, 5) is 27.6. The Labute approximate surface area is 228 Å². The zero-order valence-electron chi connectivity index (χ0n) is 21.6. The predicted molar refractivity (Wildman–Crippen MR) is 146 cm³/mol. The van der Waals surface area contributed by atoms with Crippen molar-refractivity contribution in [2.45, 2.75) is 32.0 Å². The van der Waals surface area contributed by atoms with Crippen LogP contribution in [-0.4, -0.2) is 43.4 Å². The number of aromatic nitrogens is 4. The normalized spacial score (nSPS) is 17.7. The summed E-state index contributed by atoms with van der Waals surface area (Å²) < 4.78 is 42.5. The van der Waals surface area contributed by atoms with Crippen molar-refractivity contribution >= 4 is 27.8 Å². The van der Waals surface area contributed by atoms with Gasteiger partial charge in [0.05, 0.1) is 22.1 Å². The highest BCUT2D eigenvalue weighted by molar-refractivity contribution is 5.85. The minimum atomic E-state index is -4.44. The van der Waals surface area contributed by atoms with Gasteiger partial charge in [0.25, 0.3) is 0 Å². The summed E-state index contributed by atoms with van der Waals surface area (Å²) in [5.74, 6) is 1.25. The van der Waals surface area contributed by atoms with E-state index in [1.165, 1.54) is 12.4 Å². The Morgan fingerprint density at radius 1 is 0.900 bits per heavy atom. The molecule has 1 saturated carbocycles. The van der Waals surface area contributed by atoms with Gasteiger partial charge in [0, 0.05) is 42.7 Å². The molecule has 0 radical (unpaired) electrons. The fourth-order valence-corrected chi connectivity index (χ4v) is 5.72. The van der Waals surface area contributed by atoms with Crippen molar-refractivity contribution in [3.8, 4) is 22.5 Å². The predicted octanol–water partition coefficient (Wildman–Crippen LogP) is 6.59. The van der Waals surface area contributed by atoms with E-state index >= 15 is 0 Å². The van der Waals surface area contributed by atoms with E-state index < -0.39 is 11.7 Å². The molecule has 40 heavy (non-hydrogen) atoms. The van der Waals surface area contributed by atoms with Gasteiger partial charge in [-0.2, -0.15) is 13.2 Å². The minimum Gasteiger partial charge on any atom is -0.342 e. The van der Waals surface area contributed by atoms with Gasteiger partial charge in [0.1, 0.15) is 12.2 Å². The Morgan fingerprint density at radius 2 is 1.68 bits per heavy atom. The second kappa shape index (κ2) is 9.43. The van der Waals surface area contributed by atoms with Crippen LogP contribution in [0.2, 0.25) is 0 Å². The van der Waals surface area contributed by atoms with Gasteiger partial charge in [-0.15, -0.1) is 0 Å². The van der Waals surface area contributed by atoms with Crippen LogP contribution in [0.4, 0.5) is 13.2 Å². The largest absolute Gasteiger partial charge is 0.416 e. The summed E-state index contributed by atoms with van der Waals surface area (Å²) in [6, 6.07) is 17.7. The molecule has 9 heteroatoms. The van der Waals surface area contributed by atoms with E-state index in [-0.39, 0.29) is 17.7 Å². The van der Waals surface area contributed by atoms with E-state index in [1.54, 1.807) is 6.20 Å². The molecular weight excluding hydrogens is 515 g/mol. The third kappa shape index (κ3) is 4.59. The molecule has 0 bridgehead atoms. The van der Waals surface area contributed by atoms with Gasteiger partial charge in [-0.25, -0.2) is 15.0 Å². The summed E-state index contributed by atoms with van der Waals surface area (Å²) >= 11 is 0. The van der Waals surface area contributed by atoms with E-state index in [0.29, 0.717) is 29.9 Å². The fraction of sp³-hybridized carbons (Fsp3) is 0.290. The molecule has 0 unspecified atom stereocenters. The Balaban J connectivity index is 1.23. The van der Waals surface area contributed by atoms with Crippen LogP contribution in [0.5, 0.6) is 0 Å². The van der Waals surface area contributed by atoms with Crippen molar-refractivity contribution in [3.63, 3.8) is 0 Å². The lowest BCUT2D eigenvalue weighted by Gasteiger charge is -2.18. The van der Waals surface area contributed by atoms with Gasteiger partial charge in [-0.3, -0.25) is 4.79 Å². The maximum Gasteiger partial charge on any atom is 0.416 e. The maximum atomic E-state index is 13.5. The first kappa shape index (κ1) is 24.7. The first-order valence-corrected chi connectivity index (χ1v) is 13.5. The number of hydrogen-bond donors (Lipinski definition) is 0. The molecule has 0 spiro atoms. The number of likely N-dealkylation sites (tertiary alicyclic amines) is 1. The van der Waals surface area contributed by atoms with Crippen molar-refractivity contribution in [1.29, 1.82) is 0 Å². The molecule has 1 aliphatic carbocycles. The molecule has 3 heterocycles. The highest BCUT2D eigenvalue weighted by Gasteiger charge is 2.37. The second-order valence-electron chi connectivity index (χ2n) is 10.8. The zero-order chi connectivity index (χ0) is 27.4. The molecule has 1 amide bonds. The Hall–Kier alpha value is -4.27. The first-order valence-electron chi connectivity index (χ1n) is 13.5. The average Bonchev–Trinajstić information content (AvgIpc) is 3.61. The lowest BCUT2D eigenvalue weighted by Crippen LogP contribution is -2.30. The molecule has 1 atom stereocenters. The van der Waals surface area contributed by atoms with Gasteiger partial charge >= 0.3 is 6.18 Å². The molecule has 202 valence electrons. The quantitative estimate of drug-likeness (QED) is 0.252. The van der Waals surface area contributed by atoms with Crippen LogP contribution in [-0.2, 0) is 17.5 Å². The molecule has 6 nitrogen and oxygen atoms in total. The average molecular weight is 542 g/mol. The number of fused-ring (bicyclic) bond motifs is 2. The van der Waals surface area contributed by atoms with Crippen LogP contribution >= 0.6 is 0 Å². The molecule has 2 aliphatic rings. The van der Waals surface area contributed by atoms with Crippen molar-refractivity contribution in [1.82, 2.24) is 24.4 Å². The Kier molecular flexibility index (Phi) is 5.83. The van der Waals surface area contributed by atoms with Crippen LogP contribution in [0, 0.1) is 11.8 Å². The van der Waals surface area contributed by atoms with Crippen molar-refractivity contribution in [3.05, 3.63) is 78.8 Å². The smallest absolute Gasteiger partial charge is 0.342 e. The molecule has 0 N–H and O–H groups in total. The lowest BCUT2D eigenvalue weighted by atomic mass is 10.0. The highest BCUT2D eigenvalue weighted by Crippen LogP contribution is 2.36. The first-order chi connectivity index (χ1) is 19.3. The molecule has 2 fully saturated rings. The number of halogens is 3. The maximum absolute atomic E-state index is 13.5. The van der Waals surface area contributed by atoms with Gasteiger partial charge in [-0.1, -0.05) is 30.3 Å². The second-order valence-corrected chi connectivity index (χ2v) is 10.8. The van der Waals surface area contributed by atoms with E-state index in [4.69, 9.17) is 4.98 Å². The van der Waals surface area contributed by atoms with Crippen LogP contribution in [0.25, 0.3) is 44.5 Å². The number of hydrogen-bond acceptors (Lipinski definition) is 4. The van der Waals surface area contributed by atoms with E-state index in [9.17, 15) is 18.0 Å². The van der Waals surface area contributed by atoms with Crippen molar-refractivity contribution in [2.75, 3.05) is 13.1 Å². The van der Waals surface area contributed by atoms with Crippen LogP contribution in [0.1, 0.15) is 24.8 Å².